The molecule has 0 bridgehead atoms. The number of para-hydroxylation sites is 1. The van der Waals surface area contributed by atoms with Crippen LogP contribution in [0.2, 0.25) is 0 Å². The lowest BCUT2D eigenvalue weighted by Crippen LogP contribution is -2.21. The normalized spacial score (nSPS) is 19.5. The number of carbonyl (C=O) groups excluding carboxylic acids is 1. The van der Waals surface area contributed by atoms with Crippen LogP contribution in [0.1, 0.15) is 25.5 Å². The fourth-order valence-electron chi connectivity index (χ4n) is 3.10. The highest BCUT2D eigenvalue weighted by Crippen LogP contribution is 2.27. The number of nitrogens with zero attached hydrogens (tertiary/aromatic N) is 3. The molecule has 2 aliphatic heterocycles. The zero-order valence-electron chi connectivity index (χ0n) is 13.6. The summed E-state index contributed by atoms with van der Waals surface area (Å²) in [7, 11) is 0. The fourth-order valence-corrected chi connectivity index (χ4v) is 3.10. The molecule has 24 heavy (non-hydrogen) atoms. The van der Waals surface area contributed by atoms with Crippen LogP contribution in [0.5, 0.6) is 0 Å². The minimum atomic E-state index is -0.127. The van der Waals surface area contributed by atoms with Gasteiger partial charge in [-0.25, -0.2) is 0 Å². The standard InChI is InChI=1S/C19H19N3O2/c1-14-17(19(23)22(20-14)15-7-3-2-4-8-15)13-16-9-10-18(24-16)21-11-5-6-12-21/h2-4,7-10,13H,5-6,11-12H2,1H3/b17-13-. The van der Waals surface area contributed by atoms with Gasteiger partial charge in [0.1, 0.15) is 5.76 Å². The minimum Gasteiger partial charge on any atom is -0.441 e. The van der Waals surface area contributed by atoms with Gasteiger partial charge >= 0.3 is 0 Å². The Balaban J connectivity index is 1.59. The lowest BCUT2D eigenvalue weighted by Gasteiger charge is -2.12. The van der Waals surface area contributed by atoms with Crippen molar-refractivity contribution in [1.29, 1.82) is 0 Å². The van der Waals surface area contributed by atoms with Crippen LogP contribution in [0.3, 0.4) is 0 Å². The van der Waals surface area contributed by atoms with E-state index in [-0.39, 0.29) is 5.91 Å². The quantitative estimate of drug-likeness (QED) is 0.810. The second-order valence-corrected chi connectivity index (χ2v) is 6.07. The number of benzene rings is 1. The lowest BCUT2D eigenvalue weighted by molar-refractivity contribution is -0.114. The Hall–Kier alpha value is -2.82. The van der Waals surface area contributed by atoms with E-state index in [1.807, 2.05) is 49.4 Å². The SMILES string of the molecule is CC1=NN(c2ccccc2)C(=O)/C1=C\c1ccc(N2CCCC2)o1. The maximum atomic E-state index is 12.7. The Bertz CT molecular complexity index is 814. The molecule has 1 aromatic heterocycles. The highest BCUT2D eigenvalue weighted by Gasteiger charge is 2.29. The van der Waals surface area contributed by atoms with Gasteiger partial charge < -0.3 is 9.32 Å². The molecule has 0 aliphatic carbocycles. The summed E-state index contributed by atoms with van der Waals surface area (Å²) in [5.41, 5.74) is 2.03. The summed E-state index contributed by atoms with van der Waals surface area (Å²) >= 11 is 0. The van der Waals surface area contributed by atoms with E-state index in [1.54, 1.807) is 6.08 Å². The molecule has 5 nitrogen and oxygen atoms in total. The van der Waals surface area contributed by atoms with Crippen LogP contribution in [0.4, 0.5) is 11.6 Å². The van der Waals surface area contributed by atoms with Crippen molar-refractivity contribution in [3.8, 4) is 0 Å². The first kappa shape index (κ1) is 14.8. The summed E-state index contributed by atoms with van der Waals surface area (Å²) in [6.45, 7) is 3.91. The number of carbonyl (C=O) groups is 1. The van der Waals surface area contributed by atoms with Crippen LogP contribution in [0, 0.1) is 0 Å². The number of amides is 1. The third-order valence-electron chi connectivity index (χ3n) is 4.38. The smallest absolute Gasteiger partial charge is 0.280 e. The molecule has 0 N–H and O–H groups in total. The van der Waals surface area contributed by atoms with Gasteiger partial charge in [0.05, 0.1) is 17.0 Å². The fraction of sp³-hybridized carbons (Fsp3) is 0.263. The van der Waals surface area contributed by atoms with Crippen molar-refractivity contribution in [1.82, 2.24) is 0 Å². The molecule has 0 unspecified atom stereocenters. The molecule has 1 saturated heterocycles. The first-order valence-electron chi connectivity index (χ1n) is 8.24. The Morgan fingerprint density at radius 3 is 2.58 bits per heavy atom. The average Bonchev–Trinajstić information content (AvgIpc) is 3.32. The molecule has 1 amide bonds. The van der Waals surface area contributed by atoms with Gasteiger partial charge in [-0.3, -0.25) is 4.79 Å². The third kappa shape index (κ3) is 2.62. The molecular weight excluding hydrogens is 302 g/mol. The molecule has 0 saturated carbocycles. The van der Waals surface area contributed by atoms with E-state index < -0.39 is 0 Å². The number of hydrogen-bond donors (Lipinski definition) is 0. The Labute approximate surface area is 140 Å². The summed E-state index contributed by atoms with van der Waals surface area (Å²) in [6.07, 6.45) is 4.19. The zero-order chi connectivity index (χ0) is 16.5. The highest BCUT2D eigenvalue weighted by atomic mass is 16.4. The van der Waals surface area contributed by atoms with Gasteiger partial charge in [0.25, 0.3) is 5.91 Å². The van der Waals surface area contributed by atoms with Gasteiger partial charge in [-0.05, 0) is 44.0 Å². The Morgan fingerprint density at radius 2 is 1.83 bits per heavy atom. The molecule has 2 aromatic rings. The maximum absolute atomic E-state index is 12.7. The summed E-state index contributed by atoms with van der Waals surface area (Å²) in [6, 6.07) is 13.3. The van der Waals surface area contributed by atoms with Gasteiger partial charge in [-0.15, -0.1) is 0 Å². The van der Waals surface area contributed by atoms with Crippen molar-refractivity contribution in [2.24, 2.45) is 5.10 Å². The van der Waals surface area contributed by atoms with Gasteiger partial charge in [0.15, 0.2) is 5.88 Å². The minimum absolute atomic E-state index is 0.127. The highest BCUT2D eigenvalue weighted by molar-refractivity contribution is 6.32. The van der Waals surface area contributed by atoms with Crippen LogP contribution in [0.25, 0.3) is 6.08 Å². The van der Waals surface area contributed by atoms with Crippen LogP contribution in [-0.2, 0) is 4.79 Å². The second kappa shape index (κ2) is 6.00. The van der Waals surface area contributed by atoms with Crippen molar-refractivity contribution in [2.45, 2.75) is 19.8 Å². The van der Waals surface area contributed by atoms with Gasteiger partial charge in [0, 0.05) is 19.2 Å². The van der Waals surface area contributed by atoms with Crippen molar-refractivity contribution in [3.05, 3.63) is 53.8 Å². The average molecular weight is 321 g/mol. The predicted molar refractivity (Wildman–Crippen MR) is 95.2 cm³/mol. The number of hydrazone groups is 1. The molecule has 5 heteroatoms. The number of rotatable bonds is 3. The van der Waals surface area contributed by atoms with E-state index in [2.05, 4.69) is 10.0 Å². The molecule has 4 rings (SSSR count). The number of hydrogen-bond acceptors (Lipinski definition) is 4. The van der Waals surface area contributed by atoms with Crippen molar-refractivity contribution in [2.75, 3.05) is 23.0 Å². The summed E-state index contributed by atoms with van der Waals surface area (Å²) in [5.74, 6) is 1.43. The van der Waals surface area contributed by atoms with Crippen LogP contribution < -0.4 is 9.91 Å². The van der Waals surface area contributed by atoms with E-state index in [4.69, 9.17) is 4.42 Å². The van der Waals surface area contributed by atoms with E-state index >= 15 is 0 Å². The van der Waals surface area contributed by atoms with E-state index in [9.17, 15) is 4.79 Å². The lowest BCUT2D eigenvalue weighted by atomic mass is 10.1. The second-order valence-electron chi connectivity index (χ2n) is 6.07. The Morgan fingerprint density at radius 1 is 1.08 bits per heavy atom. The largest absolute Gasteiger partial charge is 0.441 e. The zero-order valence-corrected chi connectivity index (χ0v) is 13.6. The first-order valence-corrected chi connectivity index (χ1v) is 8.24. The van der Waals surface area contributed by atoms with Gasteiger partial charge in [-0.2, -0.15) is 10.1 Å². The van der Waals surface area contributed by atoms with Crippen LogP contribution in [-0.4, -0.2) is 24.7 Å². The molecule has 122 valence electrons. The topological polar surface area (TPSA) is 49.1 Å². The van der Waals surface area contributed by atoms with Crippen molar-refractivity contribution < 1.29 is 9.21 Å². The third-order valence-corrected chi connectivity index (χ3v) is 4.38. The van der Waals surface area contributed by atoms with E-state index in [1.165, 1.54) is 17.9 Å². The molecular formula is C19H19N3O2. The summed E-state index contributed by atoms with van der Waals surface area (Å²) in [5, 5.41) is 5.82. The van der Waals surface area contributed by atoms with Crippen LogP contribution in [0.15, 0.2) is 57.6 Å². The predicted octanol–water partition coefficient (Wildman–Crippen LogP) is 3.69. The van der Waals surface area contributed by atoms with Crippen molar-refractivity contribution >= 4 is 29.3 Å². The van der Waals surface area contributed by atoms with E-state index in [0.29, 0.717) is 17.0 Å². The molecule has 0 radical (unpaired) electrons. The molecule has 2 aliphatic rings. The van der Waals surface area contributed by atoms with Crippen molar-refractivity contribution in [3.63, 3.8) is 0 Å². The molecule has 1 fully saturated rings. The molecule has 0 atom stereocenters. The molecule has 3 heterocycles. The summed E-state index contributed by atoms with van der Waals surface area (Å²) in [4.78, 5) is 14.9. The molecule has 1 aromatic carbocycles. The Kier molecular flexibility index (Phi) is 3.69. The monoisotopic (exact) mass is 321 g/mol. The first-order chi connectivity index (χ1) is 11.7. The summed E-state index contributed by atoms with van der Waals surface area (Å²) < 4.78 is 5.89. The maximum Gasteiger partial charge on any atom is 0.280 e. The number of furan rings is 1. The van der Waals surface area contributed by atoms with Crippen LogP contribution >= 0.6 is 0 Å². The van der Waals surface area contributed by atoms with Gasteiger partial charge in [-0.1, -0.05) is 18.2 Å². The molecule has 0 spiro atoms. The number of anilines is 2. The van der Waals surface area contributed by atoms with Gasteiger partial charge in [0.2, 0.25) is 0 Å². The van der Waals surface area contributed by atoms with E-state index in [0.717, 1.165) is 24.7 Å².